The van der Waals surface area contributed by atoms with E-state index in [1.165, 1.54) is 58.1 Å². The first-order valence-corrected chi connectivity index (χ1v) is 16.7. The van der Waals surface area contributed by atoms with Gasteiger partial charge >= 0.3 is 0 Å². The Morgan fingerprint density at radius 3 is 1.83 bits per heavy atom. The number of fused-ring (bicyclic) bond motifs is 11. The number of benzene rings is 8. The van der Waals surface area contributed by atoms with Crippen molar-refractivity contribution in [2.45, 2.75) is 0 Å². The lowest BCUT2D eigenvalue weighted by Crippen LogP contribution is -1.95. The molecule has 10 rings (SSSR count). The molecule has 10 aromatic rings. The number of rotatable bonds is 3. The number of nitrogens with zero attached hydrogens (tertiary/aromatic N) is 2. The Labute approximate surface area is 275 Å². The molecule has 218 valence electrons. The number of hydrogen-bond acceptors (Lipinski definition) is 3. The molecule has 2 heterocycles. The zero-order valence-corrected chi connectivity index (χ0v) is 26.1. The lowest BCUT2D eigenvalue weighted by molar-refractivity contribution is 1.23. The van der Waals surface area contributed by atoms with E-state index in [0.29, 0.717) is 0 Å². The summed E-state index contributed by atoms with van der Waals surface area (Å²) in [5, 5.41) is 11.5. The molecular formula is C44H26N2S. The standard InChI is InChI=1S/C44H26N2S/c1-3-11-27(12-4-1)42-35-23-20-30(26-38(35)45-44(46-42)28-13-5-2-6-14-28)29-19-22-32-31(25-29)21-24-37-40(32)33-15-7-8-16-34(33)43-41(37)36-17-9-10-18-39(36)47-43/h1-26H. The third kappa shape index (κ3) is 4.10. The molecule has 0 aliphatic carbocycles. The third-order valence-corrected chi connectivity index (χ3v) is 10.6. The van der Waals surface area contributed by atoms with Crippen LogP contribution in [-0.4, -0.2) is 9.97 Å². The maximum absolute atomic E-state index is 5.09. The first-order chi connectivity index (χ1) is 23.3. The molecule has 0 N–H and O–H groups in total. The van der Waals surface area contributed by atoms with E-state index in [-0.39, 0.29) is 0 Å². The predicted octanol–water partition coefficient (Wildman–Crippen LogP) is 12.5. The topological polar surface area (TPSA) is 25.8 Å². The van der Waals surface area contributed by atoms with Crippen molar-refractivity contribution in [3.05, 3.63) is 158 Å². The molecule has 0 unspecified atom stereocenters. The monoisotopic (exact) mass is 614 g/mol. The van der Waals surface area contributed by atoms with Crippen LogP contribution in [0.25, 0.3) is 97.2 Å². The quantitative estimate of drug-likeness (QED) is 0.185. The van der Waals surface area contributed by atoms with Gasteiger partial charge < -0.3 is 0 Å². The van der Waals surface area contributed by atoms with Crippen molar-refractivity contribution in [2.75, 3.05) is 0 Å². The lowest BCUT2D eigenvalue weighted by atomic mass is 9.91. The van der Waals surface area contributed by atoms with E-state index in [4.69, 9.17) is 9.97 Å². The molecule has 0 spiro atoms. The van der Waals surface area contributed by atoms with E-state index in [1.54, 1.807) is 0 Å². The zero-order chi connectivity index (χ0) is 30.9. The van der Waals surface area contributed by atoms with Crippen molar-refractivity contribution in [1.82, 2.24) is 9.97 Å². The van der Waals surface area contributed by atoms with Crippen LogP contribution in [0.5, 0.6) is 0 Å². The summed E-state index contributed by atoms with van der Waals surface area (Å²) in [4.78, 5) is 10.2. The highest BCUT2D eigenvalue weighted by atomic mass is 32.1. The second-order valence-electron chi connectivity index (χ2n) is 12.1. The summed E-state index contributed by atoms with van der Waals surface area (Å²) in [6, 6.07) is 56.5. The van der Waals surface area contributed by atoms with Gasteiger partial charge in [-0.3, -0.25) is 0 Å². The van der Waals surface area contributed by atoms with Crippen LogP contribution in [0.3, 0.4) is 0 Å². The average molecular weight is 615 g/mol. The highest BCUT2D eigenvalue weighted by Crippen LogP contribution is 2.46. The van der Waals surface area contributed by atoms with Crippen LogP contribution in [-0.2, 0) is 0 Å². The number of hydrogen-bond donors (Lipinski definition) is 0. The molecule has 2 nitrogen and oxygen atoms in total. The van der Waals surface area contributed by atoms with Gasteiger partial charge in [-0.15, -0.1) is 11.3 Å². The largest absolute Gasteiger partial charge is 0.228 e. The van der Waals surface area contributed by atoms with Crippen molar-refractivity contribution >= 4 is 74.7 Å². The normalized spacial score (nSPS) is 11.8. The molecule has 3 heteroatoms. The van der Waals surface area contributed by atoms with Crippen molar-refractivity contribution < 1.29 is 0 Å². The van der Waals surface area contributed by atoms with Gasteiger partial charge in [-0.05, 0) is 62.3 Å². The van der Waals surface area contributed by atoms with Crippen LogP contribution in [0.15, 0.2) is 158 Å². The molecule has 47 heavy (non-hydrogen) atoms. The minimum absolute atomic E-state index is 0.734. The minimum atomic E-state index is 0.734. The minimum Gasteiger partial charge on any atom is -0.228 e. The van der Waals surface area contributed by atoms with Crippen LogP contribution in [0, 0.1) is 0 Å². The second kappa shape index (κ2) is 10.3. The second-order valence-corrected chi connectivity index (χ2v) is 13.2. The molecule has 0 fully saturated rings. The van der Waals surface area contributed by atoms with Gasteiger partial charge in [0, 0.05) is 42.1 Å². The Morgan fingerprint density at radius 1 is 0.383 bits per heavy atom. The fourth-order valence-electron chi connectivity index (χ4n) is 7.25. The van der Waals surface area contributed by atoms with Crippen LogP contribution < -0.4 is 0 Å². The maximum Gasteiger partial charge on any atom is 0.160 e. The lowest BCUT2D eigenvalue weighted by Gasteiger charge is -2.13. The molecule has 2 aromatic heterocycles. The summed E-state index contributed by atoms with van der Waals surface area (Å²) >= 11 is 1.90. The summed E-state index contributed by atoms with van der Waals surface area (Å²) in [6.45, 7) is 0. The SMILES string of the molecule is c1ccc(-c2nc(-c3ccccc3)c3ccc(-c4ccc5c(ccc6c5c5ccccc5c5sc7ccccc7c65)c4)cc3n2)cc1. The molecule has 0 aliphatic heterocycles. The van der Waals surface area contributed by atoms with Crippen molar-refractivity contribution in [3.8, 4) is 33.8 Å². The first-order valence-electron chi connectivity index (χ1n) is 15.9. The van der Waals surface area contributed by atoms with E-state index in [0.717, 1.165) is 39.1 Å². The first kappa shape index (κ1) is 26.3. The van der Waals surface area contributed by atoms with E-state index < -0.39 is 0 Å². The molecule has 0 saturated heterocycles. The maximum atomic E-state index is 5.09. The molecule has 0 saturated carbocycles. The number of aromatic nitrogens is 2. The fraction of sp³-hybridized carbons (Fsp3) is 0. The van der Waals surface area contributed by atoms with Crippen LogP contribution >= 0.6 is 11.3 Å². The van der Waals surface area contributed by atoms with Gasteiger partial charge in [0.25, 0.3) is 0 Å². The van der Waals surface area contributed by atoms with Gasteiger partial charge in [0.15, 0.2) is 5.82 Å². The summed E-state index contributed by atoms with van der Waals surface area (Å²) in [5.74, 6) is 0.734. The molecule has 8 aromatic carbocycles. The molecule has 0 atom stereocenters. The van der Waals surface area contributed by atoms with Gasteiger partial charge in [0.05, 0.1) is 11.2 Å². The highest BCUT2D eigenvalue weighted by molar-refractivity contribution is 7.27. The Hall–Kier alpha value is -5.90. The van der Waals surface area contributed by atoms with Gasteiger partial charge in [-0.2, -0.15) is 0 Å². The molecule has 0 amide bonds. The molecule has 0 aliphatic rings. The highest BCUT2D eigenvalue weighted by Gasteiger charge is 2.17. The van der Waals surface area contributed by atoms with Crippen LogP contribution in [0.1, 0.15) is 0 Å². The molecular weight excluding hydrogens is 589 g/mol. The summed E-state index contributed by atoms with van der Waals surface area (Å²) in [5.41, 5.74) is 6.29. The molecule has 0 radical (unpaired) electrons. The van der Waals surface area contributed by atoms with Gasteiger partial charge in [0.1, 0.15) is 0 Å². The van der Waals surface area contributed by atoms with Crippen LogP contribution in [0.2, 0.25) is 0 Å². The van der Waals surface area contributed by atoms with Crippen molar-refractivity contribution in [2.24, 2.45) is 0 Å². The Balaban J connectivity index is 1.19. The summed E-state index contributed by atoms with van der Waals surface area (Å²) < 4.78 is 2.70. The van der Waals surface area contributed by atoms with E-state index in [9.17, 15) is 0 Å². The Kier molecular flexibility index (Phi) is 5.78. The van der Waals surface area contributed by atoms with E-state index in [2.05, 4.69) is 133 Å². The fourth-order valence-corrected chi connectivity index (χ4v) is 8.51. The van der Waals surface area contributed by atoms with Gasteiger partial charge in [-0.25, -0.2) is 9.97 Å². The average Bonchev–Trinajstić information content (AvgIpc) is 3.54. The van der Waals surface area contributed by atoms with Crippen molar-refractivity contribution in [1.29, 1.82) is 0 Å². The summed E-state index contributed by atoms with van der Waals surface area (Å²) in [6.07, 6.45) is 0. The summed E-state index contributed by atoms with van der Waals surface area (Å²) in [7, 11) is 0. The zero-order valence-electron chi connectivity index (χ0n) is 25.3. The smallest absolute Gasteiger partial charge is 0.160 e. The van der Waals surface area contributed by atoms with Crippen LogP contribution in [0.4, 0.5) is 0 Å². The van der Waals surface area contributed by atoms with E-state index in [1.807, 2.05) is 35.6 Å². The Morgan fingerprint density at radius 2 is 1.02 bits per heavy atom. The third-order valence-electron chi connectivity index (χ3n) is 9.44. The molecule has 0 bridgehead atoms. The van der Waals surface area contributed by atoms with Crippen molar-refractivity contribution in [3.63, 3.8) is 0 Å². The Bertz CT molecular complexity index is 2840. The number of thiophene rings is 1. The van der Waals surface area contributed by atoms with Gasteiger partial charge in [0.2, 0.25) is 0 Å². The van der Waals surface area contributed by atoms with Gasteiger partial charge in [-0.1, -0.05) is 133 Å². The van der Waals surface area contributed by atoms with E-state index >= 15 is 0 Å². The predicted molar refractivity (Wildman–Crippen MR) is 201 cm³/mol.